The summed E-state index contributed by atoms with van der Waals surface area (Å²) in [5, 5.41) is 23.7. The van der Waals surface area contributed by atoms with Gasteiger partial charge in [0, 0.05) is 0 Å². The zero-order valence-electron chi connectivity index (χ0n) is 12.4. The van der Waals surface area contributed by atoms with Crippen LogP contribution in [0.4, 0.5) is 0 Å². The molecule has 0 rings (SSSR count). The lowest BCUT2D eigenvalue weighted by molar-refractivity contribution is -0.629. The fraction of sp³-hybridized carbons (Fsp3) is 0.929. The van der Waals surface area contributed by atoms with Gasteiger partial charge < -0.3 is 5.11 Å². The van der Waals surface area contributed by atoms with E-state index in [4.69, 9.17) is 10.4 Å². The molecule has 0 fully saturated rings. The summed E-state index contributed by atoms with van der Waals surface area (Å²) in [6, 6.07) is 0. The van der Waals surface area contributed by atoms with Gasteiger partial charge in [0.05, 0.1) is 0 Å². The maximum atomic E-state index is 10.8. The first-order valence-corrected chi connectivity index (χ1v) is 7.58. The second kappa shape index (κ2) is 14.7. The van der Waals surface area contributed by atoms with Crippen molar-refractivity contribution in [2.45, 2.75) is 83.7 Å². The Morgan fingerprint density at radius 3 is 1.90 bits per heavy atom. The van der Waals surface area contributed by atoms with E-state index >= 15 is 0 Å². The molecule has 0 aromatic rings. The van der Waals surface area contributed by atoms with Gasteiger partial charge in [-0.1, -0.05) is 71.1 Å². The van der Waals surface area contributed by atoms with Crippen LogP contribution in [-0.2, 0) is 19.8 Å². The minimum absolute atomic E-state index is 0.342. The second-order valence-corrected chi connectivity index (χ2v) is 5.04. The van der Waals surface area contributed by atoms with E-state index in [1.807, 2.05) is 0 Å². The van der Waals surface area contributed by atoms with Crippen LogP contribution in [0.25, 0.3) is 0 Å². The van der Waals surface area contributed by atoms with Gasteiger partial charge in [0.15, 0.2) is 6.10 Å². The molecule has 0 aliphatic rings. The molecule has 0 aliphatic carbocycles. The standard InChI is InChI=1S/C14H28O6/c1-2-3-4-5-6-7-8-9-10-11-12-13(14(15)16)18-20-19-17/h13,17H,2-12H2,1H3,(H,15,16). The molecule has 0 radical (unpaired) electrons. The Bertz CT molecular complexity index is 222. The van der Waals surface area contributed by atoms with Crippen molar-refractivity contribution >= 4 is 5.97 Å². The third-order valence-corrected chi connectivity index (χ3v) is 3.28. The van der Waals surface area contributed by atoms with Gasteiger partial charge in [0.1, 0.15) is 0 Å². The predicted octanol–water partition coefficient (Wildman–Crippen LogP) is 4.10. The van der Waals surface area contributed by atoms with Crippen LogP contribution in [0.3, 0.4) is 0 Å². The van der Waals surface area contributed by atoms with Crippen molar-refractivity contribution in [3.63, 3.8) is 0 Å². The molecule has 20 heavy (non-hydrogen) atoms. The van der Waals surface area contributed by atoms with E-state index in [0.717, 1.165) is 19.3 Å². The van der Waals surface area contributed by atoms with Crippen molar-refractivity contribution in [2.75, 3.05) is 0 Å². The Morgan fingerprint density at radius 2 is 1.45 bits per heavy atom. The van der Waals surface area contributed by atoms with E-state index < -0.39 is 12.1 Å². The molecule has 0 saturated carbocycles. The third kappa shape index (κ3) is 12.3. The monoisotopic (exact) mass is 292 g/mol. The van der Waals surface area contributed by atoms with Gasteiger partial charge in [-0.25, -0.2) is 10.1 Å². The minimum Gasteiger partial charge on any atom is -0.479 e. The molecule has 0 aromatic carbocycles. The highest BCUT2D eigenvalue weighted by atomic mass is 17.6. The van der Waals surface area contributed by atoms with Crippen LogP contribution >= 0.6 is 0 Å². The average molecular weight is 292 g/mol. The van der Waals surface area contributed by atoms with Crippen LogP contribution in [0.1, 0.15) is 77.6 Å². The van der Waals surface area contributed by atoms with Crippen molar-refractivity contribution in [3.05, 3.63) is 0 Å². The van der Waals surface area contributed by atoms with Crippen LogP contribution in [0, 0.1) is 0 Å². The number of carboxylic acid groups (broad SMARTS) is 1. The van der Waals surface area contributed by atoms with E-state index in [2.05, 4.69) is 21.9 Å². The maximum absolute atomic E-state index is 10.8. The molecule has 0 aromatic heterocycles. The molecule has 0 saturated heterocycles. The molecule has 120 valence electrons. The van der Waals surface area contributed by atoms with E-state index in [1.165, 1.54) is 44.9 Å². The quantitative estimate of drug-likeness (QED) is 0.268. The number of aliphatic carboxylic acids is 1. The summed E-state index contributed by atoms with van der Waals surface area (Å²) in [5.74, 6) is -1.13. The van der Waals surface area contributed by atoms with Crippen LogP contribution in [-0.4, -0.2) is 22.4 Å². The second-order valence-electron chi connectivity index (χ2n) is 5.04. The highest BCUT2D eigenvalue weighted by Gasteiger charge is 2.19. The molecule has 0 spiro atoms. The van der Waals surface area contributed by atoms with Crippen LogP contribution in [0.2, 0.25) is 0 Å². The highest BCUT2D eigenvalue weighted by Crippen LogP contribution is 2.13. The molecule has 0 amide bonds. The van der Waals surface area contributed by atoms with Crippen molar-refractivity contribution in [1.29, 1.82) is 0 Å². The van der Waals surface area contributed by atoms with Crippen LogP contribution < -0.4 is 0 Å². The van der Waals surface area contributed by atoms with Gasteiger partial charge in [-0.15, -0.1) is 0 Å². The molecule has 6 heteroatoms. The number of rotatable bonds is 15. The van der Waals surface area contributed by atoms with E-state index in [0.29, 0.717) is 6.42 Å². The molecular formula is C14H28O6. The Kier molecular flexibility index (Phi) is 14.2. The van der Waals surface area contributed by atoms with Crippen LogP contribution in [0.15, 0.2) is 0 Å². The maximum Gasteiger partial charge on any atom is 0.336 e. The number of carbonyl (C=O) groups is 1. The SMILES string of the molecule is CCCCCCCCCCCCC(OOOO)C(=O)O. The van der Waals surface area contributed by atoms with Gasteiger partial charge in [0.25, 0.3) is 0 Å². The normalized spacial score (nSPS) is 12.5. The first kappa shape index (κ1) is 19.3. The molecule has 2 N–H and O–H groups in total. The lowest BCUT2D eigenvalue weighted by atomic mass is 10.0. The molecule has 1 unspecified atom stereocenters. The molecular weight excluding hydrogens is 264 g/mol. The average Bonchev–Trinajstić information content (AvgIpc) is 2.43. The smallest absolute Gasteiger partial charge is 0.336 e. The zero-order valence-corrected chi connectivity index (χ0v) is 12.4. The fourth-order valence-corrected chi connectivity index (χ4v) is 2.09. The molecule has 0 bridgehead atoms. The van der Waals surface area contributed by atoms with E-state index in [-0.39, 0.29) is 0 Å². The van der Waals surface area contributed by atoms with E-state index in [1.54, 1.807) is 0 Å². The lowest BCUT2D eigenvalue weighted by Gasteiger charge is -2.09. The fourth-order valence-electron chi connectivity index (χ4n) is 2.09. The lowest BCUT2D eigenvalue weighted by Crippen LogP contribution is -2.23. The predicted molar refractivity (Wildman–Crippen MR) is 73.8 cm³/mol. The molecule has 6 nitrogen and oxygen atoms in total. The van der Waals surface area contributed by atoms with Crippen molar-refractivity contribution in [1.82, 2.24) is 0 Å². The summed E-state index contributed by atoms with van der Waals surface area (Å²) in [4.78, 5) is 15.1. The number of hydrogen-bond donors (Lipinski definition) is 2. The highest BCUT2D eigenvalue weighted by molar-refractivity contribution is 5.72. The number of unbranched alkanes of at least 4 members (excludes halogenated alkanes) is 9. The minimum atomic E-state index is -1.13. The van der Waals surface area contributed by atoms with Crippen LogP contribution in [0.5, 0.6) is 0 Å². The Labute approximate surface area is 120 Å². The third-order valence-electron chi connectivity index (χ3n) is 3.28. The van der Waals surface area contributed by atoms with Gasteiger partial charge in [-0.3, -0.25) is 0 Å². The first-order valence-electron chi connectivity index (χ1n) is 7.58. The summed E-state index contributed by atoms with van der Waals surface area (Å²) in [7, 11) is 0. The van der Waals surface area contributed by atoms with Gasteiger partial charge >= 0.3 is 5.97 Å². The molecule has 1 atom stereocenters. The first-order chi connectivity index (χ1) is 9.72. The van der Waals surface area contributed by atoms with Crippen molar-refractivity contribution in [2.24, 2.45) is 0 Å². The molecule has 0 aliphatic heterocycles. The van der Waals surface area contributed by atoms with E-state index in [9.17, 15) is 4.79 Å². The van der Waals surface area contributed by atoms with Gasteiger partial charge in [-0.05, 0) is 16.5 Å². The van der Waals surface area contributed by atoms with Crippen molar-refractivity contribution < 1.29 is 30.1 Å². The summed E-state index contributed by atoms with van der Waals surface area (Å²) in [6.07, 6.45) is 11.1. The Morgan fingerprint density at radius 1 is 0.950 bits per heavy atom. The summed E-state index contributed by atoms with van der Waals surface area (Å²) < 4.78 is 0. The number of carboxylic acids is 1. The summed E-state index contributed by atoms with van der Waals surface area (Å²) >= 11 is 0. The Hall–Kier alpha value is -0.690. The number of hydrogen-bond acceptors (Lipinski definition) is 5. The summed E-state index contributed by atoms with van der Waals surface area (Å²) in [6.45, 7) is 2.21. The molecule has 0 heterocycles. The van der Waals surface area contributed by atoms with Gasteiger partial charge in [0.2, 0.25) is 0 Å². The Balaban J connectivity index is 3.34. The zero-order chi connectivity index (χ0) is 15.1. The summed E-state index contributed by atoms with van der Waals surface area (Å²) in [5.41, 5.74) is 0. The largest absolute Gasteiger partial charge is 0.479 e. The topological polar surface area (TPSA) is 85.2 Å². The van der Waals surface area contributed by atoms with Gasteiger partial charge in [-0.2, -0.15) is 4.89 Å². The van der Waals surface area contributed by atoms with Crippen molar-refractivity contribution in [3.8, 4) is 0 Å².